The summed E-state index contributed by atoms with van der Waals surface area (Å²) in [5.41, 5.74) is 1.65. The van der Waals surface area contributed by atoms with Crippen molar-refractivity contribution in [2.45, 2.75) is 37.1 Å². The molecule has 1 saturated carbocycles. The molecule has 1 aliphatic rings. The van der Waals surface area contributed by atoms with E-state index in [4.69, 9.17) is 0 Å². The van der Waals surface area contributed by atoms with E-state index >= 15 is 0 Å². The van der Waals surface area contributed by atoms with E-state index in [1.54, 1.807) is 48.5 Å². The van der Waals surface area contributed by atoms with Gasteiger partial charge in [0, 0.05) is 6.04 Å². The minimum absolute atomic E-state index is 0.112. The van der Waals surface area contributed by atoms with Gasteiger partial charge in [-0.3, -0.25) is 9.03 Å². The zero-order valence-electron chi connectivity index (χ0n) is 14.7. The molecule has 0 amide bonds. The summed E-state index contributed by atoms with van der Waals surface area (Å²) in [4.78, 5) is 0.141. The third-order valence-electron chi connectivity index (χ3n) is 4.26. The average molecular weight is 395 g/mol. The first-order chi connectivity index (χ1) is 12.2. The summed E-state index contributed by atoms with van der Waals surface area (Å²) in [5.74, 6) is 0. The number of anilines is 2. The lowest BCUT2D eigenvalue weighted by atomic mass is 10.2. The molecule has 26 heavy (non-hydrogen) atoms. The van der Waals surface area contributed by atoms with Crippen molar-refractivity contribution in [3.8, 4) is 0 Å². The molecule has 0 unspecified atom stereocenters. The van der Waals surface area contributed by atoms with Crippen molar-refractivity contribution < 1.29 is 16.8 Å². The van der Waals surface area contributed by atoms with Crippen LogP contribution in [0.2, 0.25) is 0 Å². The van der Waals surface area contributed by atoms with Gasteiger partial charge in [0.15, 0.2) is 0 Å². The molecule has 8 heteroatoms. The second-order valence-corrected chi connectivity index (χ2v) is 9.95. The highest BCUT2D eigenvalue weighted by Crippen LogP contribution is 2.38. The molecule has 3 rings (SSSR count). The molecular weight excluding hydrogens is 372 g/mol. The predicted octanol–water partition coefficient (Wildman–Crippen LogP) is 2.98. The second kappa shape index (κ2) is 6.92. The summed E-state index contributed by atoms with van der Waals surface area (Å²) in [7, 11) is -7.32. The molecule has 1 N–H and O–H groups in total. The maximum Gasteiger partial charge on any atom is 0.261 e. The number of hydrogen-bond acceptors (Lipinski definition) is 4. The number of benzene rings is 2. The van der Waals surface area contributed by atoms with Crippen LogP contribution in [-0.2, 0) is 26.5 Å². The number of rotatable bonds is 7. The summed E-state index contributed by atoms with van der Waals surface area (Å²) in [6.45, 7) is 2.00. The Labute approximate surface area is 155 Å². The van der Waals surface area contributed by atoms with E-state index in [0.29, 0.717) is 5.69 Å². The standard InChI is InChI=1S/C18H22N2O4S2/c1-3-14-8-12-16(13-9-14)26(23,24)19-17-6-4-5-7-18(17)20(15-10-11-15)25(2,21)22/h4-9,12-13,15,19H,3,10-11H2,1-2H3. The monoisotopic (exact) mass is 394 g/mol. The van der Waals surface area contributed by atoms with Gasteiger partial charge in [-0.05, 0) is 49.1 Å². The van der Waals surface area contributed by atoms with Gasteiger partial charge >= 0.3 is 0 Å². The van der Waals surface area contributed by atoms with Crippen LogP contribution >= 0.6 is 0 Å². The van der Waals surface area contributed by atoms with Crippen molar-refractivity contribution in [1.82, 2.24) is 0 Å². The van der Waals surface area contributed by atoms with Gasteiger partial charge in [-0.2, -0.15) is 0 Å². The van der Waals surface area contributed by atoms with E-state index in [1.165, 1.54) is 4.31 Å². The summed E-state index contributed by atoms with van der Waals surface area (Å²) < 4.78 is 53.8. The van der Waals surface area contributed by atoms with Crippen LogP contribution in [0.1, 0.15) is 25.3 Å². The lowest BCUT2D eigenvalue weighted by molar-refractivity contribution is 0.595. The molecular formula is C18H22N2O4S2. The molecule has 140 valence electrons. The fourth-order valence-electron chi connectivity index (χ4n) is 2.82. The van der Waals surface area contributed by atoms with Gasteiger partial charge in [0.25, 0.3) is 10.0 Å². The van der Waals surface area contributed by atoms with Gasteiger partial charge in [0.1, 0.15) is 0 Å². The van der Waals surface area contributed by atoms with Crippen molar-refractivity contribution in [2.24, 2.45) is 0 Å². The van der Waals surface area contributed by atoms with E-state index in [2.05, 4.69) is 4.72 Å². The van der Waals surface area contributed by atoms with Gasteiger partial charge in [-0.25, -0.2) is 16.8 Å². The van der Waals surface area contributed by atoms with Gasteiger partial charge in [-0.15, -0.1) is 0 Å². The Balaban J connectivity index is 1.97. The van der Waals surface area contributed by atoms with Crippen LogP contribution in [0.3, 0.4) is 0 Å². The molecule has 0 saturated heterocycles. The molecule has 1 fully saturated rings. The van der Waals surface area contributed by atoms with Crippen molar-refractivity contribution in [2.75, 3.05) is 15.3 Å². The van der Waals surface area contributed by atoms with Crippen LogP contribution < -0.4 is 9.03 Å². The molecule has 1 aliphatic carbocycles. The fraction of sp³-hybridized carbons (Fsp3) is 0.333. The number of hydrogen-bond donors (Lipinski definition) is 1. The number of para-hydroxylation sites is 2. The zero-order valence-corrected chi connectivity index (χ0v) is 16.3. The Morgan fingerprint density at radius 2 is 1.62 bits per heavy atom. The minimum Gasteiger partial charge on any atom is -0.277 e. The first-order valence-electron chi connectivity index (χ1n) is 8.42. The van der Waals surface area contributed by atoms with E-state index in [1.807, 2.05) is 6.92 Å². The number of nitrogens with zero attached hydrogens (tertiary/aromatic N) is 1. The molecule has 0 heterocycles. The Kier molecular flexibility index (Phi) is 4.98. The second-order valence-electron chi connectivity index (χ2n) is 6.41. The number of nitrogens with one attached hydrogen (secondary N) is 1. The zero-order chi connectivity index (χ0) is 18.9. The average Bonchev–Trinajstić information content (AvgIpc) is 3.40. The molecule has 0 bridgehead atoms. The SMILES string of the molecule is CCc1ccc(S(=O)(=O)Nc2ccccc2N(C2CC2)S(C)(=O)=O)cc1. The lowest BCUT2D eigenvalue weighted by Crippen LogP contribution is -2.33. The molecule has 0 spiro atoms. The van der Waals surface area contributed by atoms with Crippen molar-refractivity contribution in [3.63, 3.8) is 0 Å². The summed E-state index contributed by atoms with van der Waals surface area (Å²) >= 11 is 0. The highest BCUT2D eigenvalue weighted by molar-refractivity contribution is 7.93. The highest BCUT2D eigenvalue weighted by atomic mass is 32.2. The Hall–Kier alpha value is -2.06. The maximum atomic E-state index is 12.7. The van der Waals surface area contributed by atoms with E-state index in [0.717, 1.165) is 31.1 Å². The Bertz CT molecular complexity index is 996. The minimum atomic E-state index is -3.82. The Morgan fingerprint density at radius 3 is 2.15 bits per heavy atom. The number of sulfonamides is 2. The fourth-order valence-corrected chi connectivity index (χ4v) is 5.16. The van der Waals surface area contributed by atoms with Crippen molar-refractivity contribution in [3.05, 3.63) is 54.1 Å². The van der Waals surface area contributed by atoms with Gasteiger partial charge in [0.05, 0.1) is 22.5 Å². The maximum absolute atomic E-state index is 12.7. The first-order valence-corrected chi connectivity index (χ1v) is 11.8. The lowest BCUT2D eigenvalue weighted by Gasteiger charge is -2.25. The summed E-state index contributed by atoms with van der Waals surface area (Å²) in [5, 5.41) is 0. The van der Waals surface area contributed by atoms with Gasteiger partial charge in [-0.1, -0.05) is 31.2 Å². The van der Waals surface area contributed by atoms with E-state index < -0.39 is 20.0 Å². The summed E-state index contributed by atoms with van der Waals surface area (Å²) in [6, 6.07) is 13.1. The summed E-state index contributed by atoms with van der Waals surface area (Å²) in [6.07, 6.45) is 3.50. The largest absolute Gasteiger partial charge is 0.277 e. The van der Waals surface area contributed by atoms with E-state index in [9.17, 15) is 16.8 Å². The van der Waals surface area contributed by atoms with Crippen LogP contribution in [0.4, 0.5) is 11.4 Å². The molecule has 2 aromatic rings. The van der Waals surface area contributed by atoms with Crippen molar-refractivity contribution >= 4 is 31.4 Å². The topological polar surface area (TPSA) is 83.6 Å². The third-order valence-corrected chi connectivity index (χ3v) is 6.85. The Morgan fingerprint density at radius 1 is 1.00 bits per heavy atom. The molecule has 0 aromatic heterocycles. The third kappa shape index (κ3) is 4.02. The predicted molar refractivity (Wildman–Crippen MR) is 103 cm³/mol. The van der Waals surface area contributed by atoms with Crippen LogP contribution in [0.5, 0.6) is 0 Å². The van der Waals surface area contributed by atoms with Crippen LogP contribution in [-0.4, -0.2) is 29.1 Å². The van der Waals surface area contributed by atoms with E-state index in [-0.39, 0.29) is 16.6 Å². The van der Waals surface area contributed by atoms with Crippen LogP contribution in [0, 0.1) is 0 Å². The molecule has 2 aromatic carbocycles. The van der Waals surface area contributed by atoms with Crippen molar-refractivity contribution in [1.29, 1.82) is 0 Å². The molecule has 0 atom stereocenters. The quantitative estimate of drug-likeness (QED) is 0.782. The number of aryl methyl sites for hydroxylation is 1. The van der Waals surface area contributed by atoms with Gasteiger partial charge < -0.3 is 0 Å². The molecule has 0 radical (unpaired) electrons. The normalized spacial score (nSPS) is 14.8. The smallest absolute Gasteiger partial charge is 0.261 e. The van der Waals surface area contributed by atoms with Crippen LogP contribution in [0.25, 0.3) is 0 Å². The first kappa shape index (κ1) is 18.7. The highest BCUT2D eigenvalue weighted by Gasteiger charge is 2.36. The van der Waals surface area contributed by atoms with Crippen LogP contribution in [0.15, 0.2) is 53.4 Å². The molecule has 6 nitrogen and oxygen atoms in total. The molecule has 0 aliphatic heterocycles. The van der Waals surface area contributed by atoms with Gasteiger partial charge in [0.2, 0.25) is 10.0 Å².